The number of aliphatic hydroxyl groups is 1. The molecule has 0 aromatic carbocycles. The number of nitrogens with one attached hydrogen (secondary N) is 1. The normalized spacial score (nSPS) is 26.5. The third-order valence-electron chi connectivity index (χ3n) is 3.78. The second-order valence-corrected chi connectivity index (χ2v) is 5.68. The average Bonchev–Trinajstić information content (AvgIpc) is 2.33. The first-order valence-corrected chi connectivity index (χ1v) is 7.14. The summed E-state index contributed by atoms with van der Waals surface area (Å²) in [5, 5.41) is 12.8. The molecule has 2 unspecified atom stereocenters. The van der Waals surface area contributed by atoms with Gasteiger partial charge in [-0.2, -0.15) is 0 Å². The minimum atomic E-state index is -0.289. The van der Waals surface area contributed by atoms with Crippen LogP contribution in [0.1, 0.15) is 52.9 Å². The number of carbonyl (C=O) groups is 1. The van der Waals surface area contributed by atoms with Crippen molar-refractivity contribution in [3.63, 3.8) is 0 Å². The molecule has 3 heteroatoms. The van der Waals surface area contributed by atoms with E-state index in [1.807, 2.05) is 13.0 Å². The number of hydrogen-bond acceptors (Lipinski definition) is 2. The van der Waals surface area contributed by atoms with Crippen LogP contribution in [0.4, 0.5) is 0 Å². The molecule has 1 aliphatic carbocycles. The molecule has 1 rings (SSSR count). The van der Waals surface area contributed by atoms with Gasteiger partial charge in [0.05, 0.1) is 6.10 Å². The molecule has 3 nitrogen and oxygen atoms in total. The molecule has 0 saturated heterocycles. The molecule has 2 N–H and O–H groups in total. The Morgan fingerprint density at radius 3 is 2.72 bits per heavy atom. The van der Waals surface area contributed by atoms with Crippen molar-refractivity contribution in [2.24, 2.45) is 11.8 Å². The summed E-state index contributed by atoms with van der Waals surface area (Å²) in [6, 6.07) is 0.202. The standard InChI is InChI=1S/C15H27NO2/c1-4-5-9-14(11(2)3)16-15(18)12-7-6-8-13(17)10-12/h4-5,11-14,17H,6-10H2,1-3H3,(H,16,18)/b5-4+/t12?,13?,14-/m0/s1. The molecule has 0 aromatic heterocycles. The third kappa shape index (κ3) is 4.81. The highest BCUT2D eigenvalue weighted by Gasteiger charge is 2.27. The van der Waals surface area contributed by atoms with E-state index in [0.29, 0.717) is 12.3 Å². The summed E-state index contributed by atoms with van der Waals surface area (Å²) in [6.45, 7) is 6.25. The van der Waals surface area contributed by atoms with Gasteiger partial charge in [0.2, 0.25) is 5.91 Å². The summed E-state index contributed by atoms with van der Waals surface area (Å²) in [5.74, 6) is 0.552. The van der Waals surface area contributed by atoms with Crippen molar-refractivity contribution >= 4 is 5.91 Å². The van der Waals surface area contributed by atoms with Gasteiger partial charge in [-0.3, -0.25) is 4.79 Å². The molecule has 1 amide bonds. The highest BCUT2D eigenvalue weighted by molar-refractivity contribution is 5.79. The van der Waals surface area contributed by atoms with Crippen molar-refractivity contribution < 1.29 is 9.90 Å². The Morgan fingerprint density at radius 1 is 1.44 bits per heavy atom. The highest BCUT2D eigenvalue weighted by atomic mass is 16.3. The quantitative estimate of drug-likeness (QED) is 0.740. The Bertz CT molecular complexity index is 286. The zero-order valence-corrected chi connectivity index (χ0v) is 11.9. The molecule has 18 heavy (non-hydrogen) atoms. The van der Waals surface area contributed by atoms with Gasteiger partial charge in [-0.1, -0.05) is 32.4 Å². The van der Waals surface area contributed by atoms with E-state index in [1.165, 1.54) is 0 Å². The van der Waals surface area contributed by atoms with Gasteiger partial charge in [0.25, 0.3) is 0 Å². The van der Waals surface area contributed by atoms with Crippen molar-refractivity contribution in [1.29, 1.82) is 0 Å². The zero-order valence-electron chi connectivity index (χ0n) is 11.9. The number of allylic oxidation sites excluding steroid dienone is 1. The van der Waals surface area contributed by atoms with Crippen molar-refractivity contribution in [3.05, 3.63) is 12.2 Å². The van der Waals surface area contributed by atoms with E-state index in [0.717, 1.165) is 25.7 Å². The van der Waals surface area contributed by atoms with E-state index < -0.39 is 0 Å². The summed E-state index contributed by atoms with van der Waals surface area (Å²) in [7, 11) is 0. The van der Waals surface area contributed by atoms with Crippen molar-refractivity contribution in [3.8, 4) is 0 Å². The lowest BCUT2D eigenvalue weighted by Gasteiger charge is -2.28. The number of rotatable bonds is 5. The fraction of sp³-hybridized carbons (Fsp3) is 0.800. The van der Waals surface area contributed by atoms with Crippen LogP contribution in [-0.4, -0.2) is 23.2 Å². The van der Waals surface area contributed by atoms with Crippen LogP contribution in [-0.2, 0) is 4.79 Å². The molecule has 0 spiro atoms. The maximum atomic E-state index is 12.2. The number of amides is 1. The van der Waals surface area contributed by atoms with Gasteiger partial charge >= 0.3 is 0 Å². The van der Waals surface area contributed by atoms with Crippen LogP contribution in [0.25, 0.3) is 0 Å². The van der Waals surface area contributed by atoms with Crippen LogP contribution in [0.3, 0.4) is 0 Å². The summed E-state index contributed by atoms with van der Waals surface area (Å²) < 4.78 is 0. The lowest BCUT2D eigenvalue weighted by molar-refractivity contribution is -0.128. The van der Waals surface area contributed by atoms with Gasteiger partial charge < -0.3 is 10.4 Å². The van der Waals surface area contributed by atoms with E-state index in [2.05, 4.69) is 25.2 Å². The SMILES string of the molecule is C/C=C/C[C@H](NC(=O)C1CCCC(O)C1)C(C)C. The molecule has 1 aliphatic rings. The van der Waals surface area contributed by atoms with Gasteiger partial charge in [0, 0.05) is 12.0 Å². The maximum absolute atomic E-state index is 12.2. The monoisotopic (exact) mass is 253 g/mol. The van der Waals surface area contributed by atoms with Gasteiger partial charge in [0.1, 0.15) is 0 Å². The van der Waals surface area contributed by atoms with E-state index >= 15 is 0 Å². The number of aliphatic hydroxyl groups excluding tert-OH is 1. The Morgan fingerprint density at radius 2 is 2.17 bits per heavy atom. The first-order chi connectivity index (χ1) is 8.54. The van der Waals surface area contributed by atoms with Gasteiger partial charge in [0.15, 0.2) is 0 Å². The Hall–Kier alpha value is -0.830. The summed E-state index contributed by atoms with van der Waals surface area (Å²) in [6.07, 6.45) is 8.05. The predicted octanol–water partition coefficient (Wildman–Crippen LogP) is 2.64. The fourth-order valence-electron chi connectivity index (χ4n) is 2.48. The molecule has 1 fully saturated rings. The van der Waals surface area contributed by atoms with E-state index in [-0.39, 0.29) is 24.0 Å². The Labute approximate surface area is 111 Å². The Balaban J connectivity index is 2.49. The average molecular weight is 253 g/mol. The predicted molar refractivity (Wildman–Crippen MR) is 74.2 cm³/mol. The highest BCUT2D eigenvalue weighted by Crippen LogP contribution is 2.24. The maximum Gasteiger partial charge on any atom is 0.223 e. The fourth-order valence-corrected chi connectivity index (χ4v) is 2.48. The lowest BCUT2D eigenvalue weighted by Crippen LogP contribution is -2.43. The van der Waals surface area contributed by atoms with Crippen LogP contribution in [0.2, 0.25) is 0 Å². The first-order valence-electron chi connectivity index (χ1n) is 7.14. The van der Waals surface area contributed by atoms with Gasteiger partial charge in [-0.15, -0.1) is 0 Å². The van der Waals surface area contributed by atoms with Crippen molar-refractivity contribution in [2.75, 3.05) is 0 Å². The molecule has 0 aromatic rings. The zero-order chi connectivity index (χ0) is 13.5. The smallest absolute Gasteiger partial charge is 0.223 e. The Kier molecular flexibility index (Phi) is 6.41. The van der Waals surface area contributed by atoms with Crippen molar-refractivity contribution in [2.45, 2.75) is 65.0 Å². The molecular weight excluding hydrogens is 226 g/mol. The van der Waals surface area contributed by atoms with Crippen LogP contribution < -0.4 is 5.32 Å². The van der Waals surface area contributed by atoms with E-state index in [9.17, 15) is 9.90 Å². The van der Waals surface area contributed by atoms with Crippen LogP contribution in [0, 0.1) is 11.8 Å². The van der Waals surface area contributed by atoms with Crippen molar-refractivity contribution in [1.82, 2.24) is 5.32 Å². The summed E-state index contributed by atoms with van der Waals surface area (Å²) in [4.78, 5) is 12.2. The number of carbonyl (C=O) groups excluding carboxylic acids is 1. The summed E-state index contributed by atoms with van der Waals surface area (Å²) >= 11 is 0. The molecular formula is C15H27NO2. The topological polar surface area (TPSA) is 49.3 Å². The lowest BCUT2D eigenvalue weighted by atomic mass is 9.86. The molecule has 104 valence electrons. The molecule has 0 bridgehead atoms. The molecule has 0 heterocycles. The molecule has 3 atom stereocenters. The molecule has 1 saturated carbocycles. The minimum absolute atomic E-state index is 0.000561. The van der Waals surface area contributed by atoms with Crippen LogP contribution in [0.5, 0.6) is 0 Å². The van der Waals surface area contributed by atoms with Crippen LogP contribution in [0.15, 0.2) is 12.2 Å². The molecule has 0 radical (unpaired) electrons. The van der Waals surface area contributed by atoms with E-state index in [4.69, 9.17) is 0 Å². The van der Waals surface area contributed by atoms with Gasteiger partial charge in [-0.05, 0) is 38.5 Å². The van der Waals surface area contributed by atoms with Gasteiger partial charge in [-0.25, -0.2) is 0 Å². The third-order valence-corrected chi connectivity index (χ3v) is 3.78. The second-order valence-electron chi connectivity index (χ2n) is 5.68. The number of hydrogen-bond donors (Lipinski definition) is 2. The largest absolute Gasteiger partial charge is 0.393 e. The molecule has 0 aliphatic heterocycles. The van der Waals surface area contributed by atoms with E-state index in [1.54, 1.807) is 0 Å². The first kappa shape index (κ1) is 15.2. The van der Waals surface area contributed by atoms with Crippen LogP contribution >= 0.6 is 0 Å². The second kappa shape index (κ2) is 7.57. The summed E-state index contributed by atoms with van der Waals surface area (Å²) in [5.41, 5.74) is 0. The minimum Gasteiger partial charge on any atom is -0.393 e.